The summed E-state index contributed by atoms with van der Waals surface area (Å²) in [5.74, 6) is -12.9. The maximum absolute atomic E-state index is 13.4. The van der Waals surface area contributed by atoms with Crippen LogP contribution >= 0.6 is 15.6 Å². The van der Waals surface area contributed by atoms with Gasteiger partial charge in [-0.1, -0.05) is 0 Å². The molecular weight excluding hydrogens is 1630 g/mol. The molecule has 8 aliphatic heterocycles. The number of hydrogen-bond acceptors (Lipinski definition) is 49. The zero-order valence-corrected chi connectivity index (χ0v) is 61.6. The Morgan fingerprint density at radius 3 is 1.45 bits per heavy atom. The zero-order valence-electron chi connectivity index (χ0n) is 59.9. The van der Waals surface area contributed by atoms with Crippen LogP contribution in [0.2, 0.25) is 0 Å². The van der Waals surface area contributed by atoms with Crippen molar-refractivity contribution >= 4 is 33.5 Å². The molecule has 57 heteroatoms. The van der Waals surface area contributed by atoms with Crippen LogP contribution < -0.4 is 11.1 Å². The fraction of sp³-hybridized carbons (Fsp3) is 0.948. The lowest BCUT2D eigenvalue weighted by Crippen LogP contribution is -2.71. The van der Waals surface area contributed by atoms with E-state index in [0.717, 1.165) is 6.92 Å². The van der Waals surface area contributed by atoms with Crippen molar-refractivity contribution in [2.24, 2.45) is 5.73 Å². The minimum Gasteiger partial charge on any atom is -0.477 e. The number of rotatable bonds is 36. The molecule has 1 amide bonds. The van der Waals surface area contributed by atoms with Crippen LogP contribution in [0.4, 0.5) is 0 Å². The van der Waals surface area contributed by atoms with E-state index in [1.165, 1.54) is 0 Å². The Kier molecular flexibility index (Phi) is 34.7. The molecule has 1 unspecified atom stereocenters. The van der Waals surface area contributed by atoms with Crippen LogP contribution in [-0.4, -0.2) is 493 Å². The summed E-state index contributed by atoms with van der Waals surface area (Å²) >= 11 is 0. The van der Waals surface area contributed by atoms with E-state index in [1.807, 2.05) is 0 Å². The molecule has 43 atom stereocenters. The average molecular weight is 1740 g/mol. The molecule has 0 aromatic rings. The summed E-state index contributed by atoms with van der Waals surface area (Å²) in [4.78, 5) is 69.5. The molecule has 0 spiro atoms. The predicted molar refractivity (Wildman–Crippen MR) is 345 cm³/mol. The average Bonchev–Trinajstić information content (AvgIpc) is 0.739. The van der Waals surface area contributed by atoms with Crippen molar-refractivity contribution in [3.63, 3.8) is 0 Å². The van der Waals surface area contributed by atoms with Gasteiger partial charge in [0.15, 0.2) is 37.7 Å². The number of nitrogens with two attached hydrogens (primary N) is 1. The molecule has 0 aromatic carbocycles. The highest BCUT2D eigenvalue weighted by atomic mass is 31.2. The van der Waals surface area contributed by atoms with Crippen LogP contribution in [0.1, 0.15) is 19.8 Å². The van der Waals surface area contributed by atoms with Crippen LogP contribution in [0.3, 0.4) is 0 Å². The first-order chi connectivity index (χ1) is 53.8. The standard InChI is InChI=1S/C58H100N2O53P2/c1-14(68)60-25-45(106-50-34(81)30(77)27(74)20(9-64)99-50)28(75)21(10-65)98-49(25)107-46-29(76)22(11-66)100-53(37(46)84)104-43-24(13-97-114(91,92)93)101-51(36(83)33(43)80)109-48-40(17(71)7-62)102-54(38(85)47(48)108-52-35(82)31(78)32(79)42(103-52)23(12-67)113-115(94,95)96-3-2-59)105-44-19(5-57(90,55(86)87)111-41(44)18(72)8-63)110-58(56(88)89)4-15(69)26(73)39(112-58)16(70)6-61/h15-54,61-67,69-85,90H,2-13,59H2,1H3,(H,60,68)(H,86,87)(H,88,89)(H,94,95)(H2,91,92,93)/t15-,16-,17+,18-,19-,20-,21-,22-,23+,24-,25-,26-,27+,28-,29+,30+,31+,32+,33-,34-,35+,36-,37-,38+,39-,40-,41-,42-,43-,44-,45-,46+,47-,48-,49+,50+,51+,52-,53+,54-,57-,58-/m1/s1. The first kappa shape index (κ1) is 97.4. The molecule has 670 valence electrons. The number of ether oxygens (including phenoxy) is 15. The van der Waals surface area contributed by atoms with Gasteiger partial charge in [0.05, 0.1) is 71.7 Å². The smallest absolute Gasteiger partial charge is 0.472 e. The number of aliphatic hydroxyl groups excluding tert-OH is 24. The van der Waals surface area contributed by atoms with Crippen molar-refractivity contribution in [3.05, 3.63) is 0 Å². The normalized spacial score (nSPS) is 45.9. The number of nitrogens with one attached hydrogen (secondary N) is 1. The molecular formula is C58H100N2O53P2. The van der Waals surface area contributed by atoms with E-state index in [0.29, 0.717) is 0 Å². The molecule has 8 heterocycles. The van der Waals surface area contributed by atoms with Gasteiger partial charge in [-0.15, -0.1) is 0 Å². The van der Waals surface area contributed by atoms with Crippen LogP contribution in [-0.2, 0) is 108 Å². The lowest BCUT2D eigenvalue weighted by atomic mass is 9.89. The molecule has 8 fully saturated rings. The Morgan fingerprint density at radius 1 is 0.461 bits per heavy atom. The number of carbonyl (C=O) groups is 3. The second kappa shape index (κ2) is 41.0. The summed E-state index contributed by atoms with van der Waals surface area (Å²) in [5, 5.41) is 301. The van der Waals surface area contributed by atoms with E-state index in [-0.39, 0.29) is 0 Å². The number of phosphoric acid groups is 2. The highest BCUT2D eigenvalue weighted by Crippen LogP contribution is 2.48. The fourth-order valence-electron chi connectivity index (χ4n) is 13.8. The molecule has 0 aliphatic carbocycles. The van der Waals surface area contributed by atoms with Gasteiger partial charge in [-0.3, -0.25) is 18.4 Å². The largest absolute Gasteiger partial charge is 0.477 e. The molecule has 8 aliphatic rings. The van der Waals surface area contributed by atoms with Crippen molar-refractivity contribution in [1.82, 2.24) is 5.32 Å². The first-order valence-electron chi connectivity index (χ1n) is 35.1. The monoisotopic (exact) mass is 1730 g/mol. The summed E-state index contributed by atoms with van der Waals surface area (Å²) in [6.07, 6.45) is -98.3. The Balaban J connectivity index is 1.18. The number of phosphoric ester groups is 2. The van der Waals surface area contributed by atoms with Gasteiger partial charge >= 0.3 is 27.6 Å². The number of amides is 1. The molecule has 8 rings (SSSR count). The van der Waals surface area contributed by atoms with Gasteiger partial charge in [0.2, 0.25) is 5.91 Å². The number of aliphatic hydroxyl groups is 25. The third-order valence-corrected chi connectivity index (χ3v) is 21.3. The molecule has 0 radical (unpaired) electrons. The van der Waals surface area contributed by atoms with Crippen molar-refractivity contribution in [1.29, 1.82) is 0 Å². The first-order valence-corrected chi connectivity index (χ1v) is 38.1. The topological polar surface area (TPSA) is 896 Å². The van der Waals surface area contributed by atoms with Gasteiger partial charge in [0.25, 0.3) is 11.6 Å². The Labute approximate surface area is 646 Å². The van der Waals surface area contributed by atoms with Gasteiger partial charge in [-0.25, -0.2) is 18.7 Å². The van der Waals surface area contributed by atoms with Crippen LogP contribution in [0.15, 0.2) is 0 Å². The second-order valence-corrected chi connectivity index (χ2v) is 30.4. The van der Waals surface area contributed by atoms with Crippen molar-refractivity contribution in [2.45, 2.75) is 277 Å². The molecule has 115 heavy (non-hydrogen) atoms. The van der Waals surface area contributed by atoms with Crippen molar-refractivity contribution in [2.75, 3.05) is 66.0 Å². The fourth-order valence-corrected chi connectivity index (χ4v) is 15.1. The number of carboxylic acid groups (broad SMARTS) is 2. The summed E-state index contributed by atoms with van der Waals surface area (Å²) in [7, 11) is -11.2. The van der Waals surface area contributed by atoms with E-state index in [9.17, 15) is 176 Å². The lowest BCUT2D eigenvalue weighted by molar-refractivity contribution is -0.416. The minimum absolute atomic E-state index is 0.426. The Hall–Kier alpha value is -3.01. The van der Waals surface area contributed by atoms with E-state index in [4.69, 9.17) is 81.3 Å². The molecule has 0 aromatic heterocycles. The third kappa shape index (κ3) is 22.1. The van der Waals surface area contributed by atoms with Gasteiger partial charge < -0.3 is 235 Å². The summed E-state index contributed by atoms with van der Waals surface area (Å²) in [5.41, 5.74) is 5.36. The molecule has 0 saturated carbocycles. The number of hydrogen-bond donors (Lipinski definition) is 32. The van der Waals surface area contributed by atoms with Crippen LogP contribution in [0.25, 0.3) is 0 Å². The van der Waals surface area contributed by atoms with Gasteiger partial charge in [0, 0.05) is 26.3 Å². The second-order valence-electron chi connectivity index (χ2n) is 27.8. The highest BCUT2D eigenvalue weighted by Gasteiger charge is 2.65. The van der Waals surface area contributed by atoms with E-state index >= 15 is 0 Å². The van der Waals surface area contributed by atoms with E-state index in [2.05, 4.69) is 14.4 Å². The number of carboxylic acids is 2. The molecule has 8 saturated heterocycles. The third-order valence-electron chi connectivity index (χ3n) is 19.8. The predicted octanol–water partition coefficient (Wildman–Crippen LogP) is -19.7. The summed E-state index contributed by atoms with van der Waals surface area (Å²) in [6.45, 7) is -11.2. The maximum Gasteiger partial charge on any atom is 0.472 e. The molecule has 55 nitrogen and oxygen atoms in total. The van der Waals surface area contributed by atoms with Gasteiger partial charge in [-0.05, 0) is 0 Å². The van der Waals surface area contributed by atoms with Gasteiger partial charge in [0.1, 0.15) is 195 Å². The van der Waals surface area contributed by atoms with Crippen LogP contribution in [0.5, 0.6) is 0 Å². The molecule has 0 bridgehead atoms. The van der Waals surface area contributed by atoms with E-state index in [1.54, 1.807) is 0 Å². The Bertz CT molecular complexity index is 3180. The SMILES string of the molecule is CC(=O)N[C@H]1[C@H](O[C@H]2[C@@H](O)[C@@H](CO)O[C@@H](O[C@H]3[C@H](O)[C@@H](O)[C@H](O[C@H]4[C@H](O[C@H]5O[C@H]([C@H](CO)OP(=O)(O)OCCN)[C@@H](O)[C@H](O)[C@@H]5O)[C@H](O)[C@@H](O[C@H]5[C@@H]([C@H](O)CO)O[C@@](O)(C(=O)O)C[C@H]5O[C@]5(C(=O)O)C[C@@H](O)[C@@H](O)[C@@H]([C@H](O)CO)O5)O[C@@H]4[C@@H](O)CO)O[C@@H]3COP(=O)(O)O)[C@@H]2O)O[C@H](CO)[C@@H](O)[C@@H]1O[C@@H]1O[C@H](CO)[C@H](O)[C@H](O)[C@H]1O. The maximum atomic E-state index is 13.4. The van der Waals surface area contributed by atoms with Crippen molar-refractivity contribution in [3.8, 4) is 0 Å². The highest BCUT2D eigenvalue weighted by molar-refractivity contribution is 7.47. The molecule has 33 N–H and O–H groups in total. The Morgan fingerprint density at radius 2 is 0.913 bits per heavy atom. The van der Waals surface area contributed by atoms with E-state index < -0.39 is 369 Å². The number of aliphatic carboxylic acids is 2. The van der Waals surface area contributed by atoms with Crippen LogP contribution in [0, 0.1) is 0 Å². The lowest BCUT2D eigenvalue weighted by Gasteiger charge is -2.53. The summed E-state index contributed by atoms with van der Waals surface area (Å²) in [6, 6.07) is -1.94. The number of carbonyl (C=O) groups excluding carboxylic acids is 1. The summed E-state index contributed by atoms with van der Waals surface area (Å²) < 4.78 is 127. The van der Waals surface area contributed by atoms with Gasteiger partial charge in [-0.2, -0.15) is 0 Å². The van der Waals surface area contributed by atoms with Crippen molar-refractivity contribution < 1.29 is 261 Å². The quantitative estimate of drug-likeness (QED) is 0.0259. The minimum atomic E-state index is -5.80. The zero-order chi connectivity index (χ0) is 85.7.